The molecule has 0 spiro atoms. The van der Waals surface area contributed by atoms with Crippen molar-refractivity contribution in [3.63, 3.8) is 0 Å². The van der Waals surface area contributed by atoms with Crippen molar-refractivity contribution in [2.24, 2.45) is 11.8 Å². The molecule has 5 heteroatoms. The van der Waals surface area contributed by atoms with E-state index in [0.717, 1.165) is 30.8 Å². The highest BCUT2D eigenvalue weighted by Crippen LogP contribution is 2.30. The number of halogens is 2. The first-order chi connectivity index (χ1) is 8.63. The van der Waals surface area contributed by atoms with E-state index in [1.807, 2.05) is 11.0 Å². The Morgan fingerprint density at radius 3 is 2.83 bits per heavy atom. The first-order valence-electron chi connectivity index (χ1n) is 6.52. The summed E-state index contributed by atoms with van der Waals surface area (Å²) in [6, 6.07) is 2.04. The lowest BCUT2D eigenvalue weighted by Gasteiger charge is -2.39. The standard InChI is InChI=1S/C13H17F2N3/c1-8-2-3-11-9(4-8)5-12(17-16-11)18-6-10(7-18)13(14)15/h5,8,10,13H,2-4,6-7H2,1H3. The van der Waals surface area contributed by atoms with Crippen molar-refractivity contribution in [1.82, 2.24) is 10.2 Å². The van der Waals surface area contributed by atoms with Crippen LogP contribution in [0, 0.1) is 11.8 Å². The number of aryl methyl sites for hydroxylation is 1. The molecule has 1 aliphatic heterocycles. The molecule has 2 aliphatic rings. The molecule has 3 nitrogen and oxygen atoms in total. The summed E-state index contributed by atoms with van der Waals surface area (Å²) in [6.45, 7) is 3.04. The van der Waals surface area contributed by atoms with Gasteiger partial charge in [-0.1, -0.05) is 6.92 Å². The number of alkyl halides is 2. The van der Waals surface area contributed by atoms with E-state index in [1.165, 1.54) is 5.56 Å². The summed E-state index contributed by atoms with van der Waals surface area (Å²) in [6.07, 6.45) is 0.970. The number of fused-ring (bicyclic) bond motifs is 1. The molecule has 1 aromatic rings. The molecule has 1 atom stereocenters. The molecule has 1 aromatic heterocycles. The largest absolute Gasteiger partial charge is 0.354 e. The van der Waals surface area contributed by atoms with Crippen LogP contribution >= 0.6 is 0 Å². The summed E-state index contributed by atoms with van der Waals surface area (Å²) >= 11 is 0. The Morgan fingerprint density at radius 1 is 1.33 bits per heavy atom. The van der Waals surface area contributed by atoms with Gasteiger partial charge in [0.15, 0.2) is 5.82 Å². The van der Waals surface area contributed by atoms with Crippen LogP contribution < -0.4 is 4.90 Å². The van der Waals surface area contributed by atoms with Crippen molar-refractivity contribution in [3.05, 3.63) is 17.3 Å². The van der Waals surface area contributed by atoms with Crippen LogP contribution in [0.4, 0.5) is 14.6 Å². The summed E-state index contributed by atoms with van der Waals surface area (Å²) in [4.78, 5) is 1.89. The number of anilines is 1. The van der Waals surface area contributed by atoms with Gasteiger partial charge in [-0.25, -0.2) is 8.78 Å². The van der Waals surface area contributed by atoms with E-state index in [1.54, 1.807) is 0 Å². The van der Waals surface area contributed by atoms with Crippen LogP contribution in [-0.2, 0) is 12.8 Å². The second kappa shape index (κ2) is 4.44. The van der Waals surface area contributed by atoms with Gasteiger partial charge in [-0.3, -0.25) is 0 Å². The van der Waals surface area contributed by atoms with Crippen molar-refractivity contribution < 1.29 is 8.78 Å². The second-order valence-electron chi connectivity index (χ2n) is 5.52. The SMILES string of the molecule is CC1CCc2nnc(N3CC(C(F)F)C3)cc2C1. The van der Waals surface area contributed by atoms with E-state index in [9.17, 15) is 8.78 Å². The highest BCUT2D eigenvalue weighted by Gasteiger charge is 2.35. The minimum Gasteiger partial charge on any atom is -0.354 e. The van der Waals surface area contributed by atoms with E-state index in [-0.39, 0.29) is 0 Å². The normalized spacial score (nSPS) is 24.0. The van der Waals surface area contributed by atoms with Gasteiger partial charge in [0, 0.05) is 13.1 Å². The predicted molar refractivity (Wildman–Crippen MR) is 64.9 cm³/mol. The fourth-order valence-electron chi connectivity index (χ4n) is 2.71. The fraction of sp³-hybridized carbons (Fsp3) is 0.692. The molecule has 0 radical (unpaired) electrons. The predicted octanol–water partition coefficient (Wildman–Crippen LogP) is 2.30. The molecule has 0 amide bonds. The van der Waals surface area contributed by atoms with Crippen molar-refractivity contribution in [2.75, 3.05) is 18.0 Å². The Kier molecular flexibility index (Phi) is 2.92. The zero-order valence-electron chi connectivity index (χ0n) is 10.4. The van der Waals surface area contributed by atoms with E-state index in [4.69, 9.17) is 0 Å². The first-order valence-corrected chi connectivity index (χ1v) is 6.52. The summed E-state index contributed by atoms with van der Waals surface area (Å²) < 4.78 is 24.9. The number of aromatic nitrogens is 2. The van der Waals surface area contributed by atoms with Crippen LogP contribution in [0.3, 0.4) is 0 Å². The highest BCUT2D eigenvalue weighted by molar-refractivity contribution is 5.44. The number of rotatable bonds is 2. The second-order valence-corrected chi connectivity index (χ2v) is 5.52. The Balaban J connectivity index is 1.73. The molecule has 18 heavy (non-hydrogen) atoms. The maximum atomic E-state index is 12.4. The lowest BCUT2D eigenvalue weighted by molar-refractivity contribution is 0.0610. The summed E-state index contributed by atoms with van der Waals surface area (Å²) in [5.74, 6) is 0.946. The van der Waals surface area contributed by atoms with Gasteiger partial charge in [0.2, 0.25) is 6.43 Å². The average Bonchev–Trinajstić information content (AvgIpc) is 2.25. The summed E-state index contributed by atoms with van der Waals surface area (Å²) in [5, 5.41) is 8.41. The molecule has 98 valence electrons. The Morgan fingerprint density at radius 2 is 2.11 bits per heavy atom. The van der Waals surface area contributed by atoms with Gasteiger partial charge < -0.3 is 4.90 Å². The quantitative estimate of drug-likeness (QED) is 0.810. The third-order valence-electron chi connectivity index (χ3n) is 3.98. The topological polar surface area (TPSA) is 29.0 Å². The molecule has 3 rings (SSSR count). The smallest absolute Gasteiger partial charge is 0.244 e. The van der Waals surface area contributed by atoms with E-state index in [0.29, 0.717) is 19.0 Å². The zero-order chi connectivity index (χ0) is 12.7. The van der Waals surface area contributed by atoms with Gasteiger partial charge >= 0.3 is 0 Å². The highest BCUT2D eigenvalue weighted by atomic mass is 19.3. The molecule has 1 unspecified atom stereocenters. The zero-order valence-corrected chi connectivity index (χ0v) is 10.4. The maximum absolute atomic E-state index is 12.4. The van der Waals surface area contributed by atoms with Crippen LogP contribution in [0.5, 0.6) is 0 Å². The monoisotopic (exact) mass is 253 g/mol. The van der Waals surface area contributed by atoms with Gasteiger partial charge in [0.1, 0.15) is 0 Å². The molecule has 0 saturated carbocycles. The first kappa shape index (κ1) is 11.8. The van der Waals surface area contributed by atoms with Crippen LogP contribution in [0.2, 0.25) is 0 Å². The summed E-state index contributed by atoms with van der Waals surface area (Å²) in [7, 11) is 0. The van der Waals surface area contributed by atoms with Gasteiger partial charge in [-0.05, 0) is 36.8 Å². The van der Waals surface area contributed by atoms with Crippen LogP contribution in [0.15, 0.2) is 6.07 Å². The van der Waals surface area contributed by atoms with E-state index in [2.05, 4.69) is 17.1 Å². The Bertz CT molecular complexity index is 444. The molecule has 1 saturated heterocycles. The van der Waals surface area contributed by atoms with Crippen LogP contribution in [0.1, 0.15) is 24.6 Å². The average molecular weight is 253 g/mol. The molecule has 2 heterocycles. The Labute approximate surface area is 105 Å². The molecule has 1 aliphatic carbocycles. The molecule has 0 bridgehead atoms. The molecule has 1 fully saturated rings. The lowest BCUT2D eigenvalue weighted by atomic mass is 9.88. The lowest BCUT2D eigenvalue weighted by Crippen LogP contribution is -2.50. The van der Waals surface area contributed by atoms with Crippen molar-refractivity contribution in [1.29, 1.82) is 0 Å². The van der Waals surface area contributed by atoms with Crippen molar-refractivity contribution >= 4 is 5.82 Å². The third-order valence-corrected chi connectivity index (χ3v) is 3.98. The molecular formula is C13H17F2N3. The van der Waals surface area contributed by atoms with E-state index >= 15 is 0 Å². The van der Waals surface area contributed by atoms with Gasteiger partial charge in [0.05, 0.1) is 11.6 Å². The van der Waals surface area contributed by atoms with Crippen molar-refractivity contribution in [2.45, 2.75) is 32.6 Å². The molecular weight excluding hydrogens is 236 g/mol. The Hall–Kier alpha value is -1.26. The minimum absolute atomic E-state index is 0.403. The molecule has 0 aromatic carbocycles. The number of nitrogens with zero attached hydrogens (tertiary/aromatic N) is 3. The van der Waals surface area contributed by atoms with Gasteiger partial charge in [-0.2, -0.15) is 5.10 Å². The summed E-state index contributed by atoms with van der Waals surface area (Å²) in [5.41, 5.74) is 2.34. The molecule has 0 N–H and O–H groups in total. The van der Waals surface area contributed by atoms with Gasteiger partial charge in [0.25, 0.3) is 0 Å². The maximum Gasteiger partial charge on any atom is 0.244 e. The fourth-order valence-corrected chi connectivity index (χ4v) is 2.71. The number of hydrogen-bond acceptors (Lipinski definition) is 3. The minimum atomic E-state index is -2.22. The number of hydrogen-bond donors (Lipinski definition) is 0. The van der Waals surface area contributed by atoms with E-state index < -0.39 is 12.3 Å². The van der Waals surface area contributed by atoms with Crippen LogP contribution in [0.25, 0.3) is 0 Å². The van der Waals surface area contributed by atoms with Crippen LogP contribution in [-0.4, -0.2) is 29.7 Å². The van der Waals surface area contributed by atoms with Crippen molar-refractivity contribution in [3.8, 4) is 0 Å². The third kappa shape index (κ3) is 2.06. The van der Waals surface area contributed by atoms with Gasteiger partial charge in [-0.15, -0.1) is 5.10 Å².